The van der Waals surface area contributed by atoms with Crippen LogP contribution in [-0.4, -0.2) is 38.5 Å². The first kappa shape index (κ1) is 11.0. The van der Waals surface area contributed by atoms with Gasteiger partial charge in [0.25, 0.3) is 0 Å². The lowest BCUT2D eigenvalue weighted by molar-refractivity contribution is -0.00822. The number of likely N-dealkylation sites (N-methyl/N-ethyl adjacent to an activating group) is 1. The second-order valence-corrected chi connectivity index (χ2v) is 3.57. The molecular formula is C10H21NO2. The van der Waals surface area contributed by atoms with Gasteiger partial charge in [-0.05, 0) is 26.3 Å². The van der Waals surface area contributed by atoms with Crippen LogP contribution in [0.2, 0.25) is 0 Å². The number of hydrogen-bond donors (Lipinski definition) is 1. The molecule has 1 fully saturated rings. The highest BCUT2D eigenvalue weighted by Gasteiger charge is 2.21. The summed E-state index contributed by atoms with van der Waals surface area (Å²) in [6.45, 7) is 7.73. The van der Waals surface area contributed by atoms with E-state index in [1.54, 1.807) is 0 Å². The van der Waals surface area contributed by atoms with E-state index in [0.717, 1.165) is 32.7 Å². The van der Waals surface area contributed by atoms with Crippen molar-refractivity contribution in [2.24, 2.45) is 0 Å². The molecule has 1 rings (SSSR count). The molecular weight excluding hydrogens is 166 g/mol. The standard InChI is InChI=1S/C10H21NO2/c1-3-11-6-7-12-8-10-5-4-9(2)13-10/h9-11H,3-8H2,1-2H3. The molecule has 0 saturated carbocycles. The molecule has 0 bridgehead atoms. The van der Waals surface area contributed by atoms with Crippen LogP contribution >= 0.6 is 0 Å². The van der Waals surface area contributed by atoms with Gasteiger partial charge >= 0.3 is 0 Å². The fraction of sp³-hybridized carbons (Fsp3) is 1.00. The lowest BCUT2D eigenvalue weighted by atomic mass is 10.2. The molecule has 1 aliphatic heterocycles. The van der Waals surface area contributed by atoms with E-state index in [-0.39, 0.29) is 0 Å². The molecule has 0 aromatic carbocycles. The van der Waals surface area contributed by atoms with Crippen LogP contribution in [0.15, 0.2) is 0 Å². The van der Waals surface area contributed by atoms with Gasteiger partial charge in [0.2, 0.25) is 0 Å². The van der Waals surface area contributed by atoms with Crippen LogP contribution in [0.4, 0.5) is 0 Å². The highest BCUT2D eigenvalue weighted by molar-refractivity contribution is 4.69. The molecule has 0 aliphatic carbocycles. The zero-order valence-corrected chi connectivity index (χ0v) is 8.71. The number of nitrogens with one attached hydrogen (secondary N) is 1. The molecule has 3 nitrogen and oxygen atoms in total. The largest absolute Gasteiger partial charge is 0.377 e. The summed E-state index contributed by atoms with van der Waals surface area (Å²) in [6, 6.07) is 0. The van der Waals surface area contributed by atoms with Crippen molar-refractivity contribution in [3.05, 3.63) is 0 Å². The molecule has 0 amide bonds. The monoisotopic (exact) mass is 187 g/mol. The Labute approximate surface area is 80.8 Å². The van der Waals surface area contributed by atoms with Crippen LogP contribution in [0, 0.1) is 0 Å². The first-order chi connectivity index (χ1) is 6.33. The molecule has 0 radical (unpaired) electrons. The number of ether oxygens (including phenoxy) is 2. The minimum atomic E-state index is 0.344. The molecule has 1 aliphatic rings. The maximum atomic E-state index is 5.62. The summed E-state index contributed by atoms with van der Waals surface area (Å²) in [6.07, 6.45) is 3.11. The molecule has 0 spiro atoms. The second-order valence-electron chi connectivity index (χ2n) is 3.57. The van der Waals surface area contributed by atoms with Gasteiger partial charge in [0.1, 0.15) is 0 Å². The van der Waals surface area contributed by atoms with Crippen molar-refractivity contribution in [2.75, 3.05) is 26.3 Å². The van der Waals surface area contributed by atoms with Crippen molar-refractivity contribution in [1.82, 2.24) is 5.32 Å². The molecule has 2 atom stereocenters. The maximum Gasteiger partial charge on any atom is 0.0813 e. The van der Waals surface area contributed by atoms with Crippen molar-refractivity contribution < 1.29 is 9.47 Å². The quantitative estimate of drug-likeness (QED) is 0.633. The van der Waals surface area contributed by atoms with E-state index in [1.165, 1.54) is 6.42 Å². The Morgan fingerprint density at radius 2 is 2.31 bits per heavy atom. The summed E-state index contributed by atoms with van der Waals surface area (Å²) in [5.41, 5.74) is 0. The van der Waals surface area contributed by atoms with Crippen molar-refractivity contribution in [1.29, 1.82) is 0 Å². The van der Waals surface area contributed by atoms with E-state index in [9.17, 15) is 0 Å². The van der Waals surface area contributed by atoms with E-state index < -0.39 is 0 Å². The maximum absolute atomic E-state index is 5.62. The molecule has 1 heterocycles. The molecule has 13 heavy (non-hydrogen) atoms. The van der Waals surface area contributed by atoms with E-state index in [0.29, 0.717) is 12.2 Å². The Kier molecular flexibility index (Phi) is 5.35. The topological polar surface area (TPSA) is 30.5 Å². The molecule has 78 valence electrons. The first-order valence-corrected chi connectivity index (χ1v) is 5.27. The molecule has 1 N–H and O–H groups in total. The van der Waals surface area contributed by atoms with Gasteiger partial charge in [-0.25, -0.2) is 0 Å². The van der Waals surface area contributed by atoms with Crippen molar-refractivity contribution in [2.45, 2.75) is 38.9 Å². The van der Waals surface area contributed by atoms with Gasteiger partial charge in [0.05, 0.1) is 25.4 Å². The number of hydrogen-bond acceptors (Lipinski definition) is 3. The van der Waals surface area contributed by atoms with Gasteiger partial charge in [-0.1, -0.05) is 6.92 Å². The third kappa shape index (κ3) is 4.60. The van der Waals surface area contributed by atoms with Crippen LogP contribution in [0.3, 0.4) is 0 Å². The summed E-state index contributed by atoms with van der Waals surface area (Å²) < 4.78 is 11.1. The average Bonchev–Trinajstić information content (AvgIpc) is 2.51. The summed E-state index contributed by atoms with van der Waals surface area (Å²) in [5.74, 6) is 0. The third-order valence-electron chi connectivity index (χ3n) is 2.30. The SMILES string of the molecule is CCNCCOCC1CCC(C)O1. The van der Waals surface area contributed by atoms with Crippen LogP contribution in [-0.2, 0) is 9.47 Å². The summed E-state index contributed by atoms with van der Waals surface area (Å²) in [7, 11) is 0. The lowest BCUT2D eigenvalue weighted by Crippen LogP contribution is -2.22. The Morgan fingerprint density at radius 1 is 1.46 bits per heavy atom. The normalized spacial score (nSPS) is 28.2. The fourth-order valence-corrected chi connectivity index (χ4v) is 1.54. The van der Waals surface area contributed by atoms with Gasteiger partial charge in [0, 0.05) is 6.54 Å². The molecule has 1 saturated heterocycles. The molecule has 0 aromatic heterocycles. The van der Waals surface area contributed by atoms with Gasteiger partial charge in [-0.2, -0.15) is 0 Å². The van der Waals surface area contributed by atoms with Crippen LogP contribution in [0.1, 0.15) is 26.7 Å². The van der Waals surface area contributed by atoms with Gasteiger partial charge in [-0.15, -0.1) is 0 Å². The number of rotatable bonds is 6. The first-order valence-electron chi connectivity index (χ1n) is 5.27. The molecule has 2 unspecified atom stereocenters. The predicted octanol–water partition coefficient (Wildman–Crippen LogP) is 1.18. The van der Waals surface area contributed by atoms with Gasteiger partial charge in [0.15, 0.2) is 0 Å². The van der Waals surface area contributed by atoms with Crippen LogP contribution in [0.25, 0.3) is 0 Å². The average molecular weight is 187 g/mol. The highest BCUT2D eigenvalue weighted by Crippen LogP contribution is 2.18. The van der Waals surface area contributed by atoms with E-state index in [1.807, 2.05) is 0 Å². The van der Waals surface area contributed by atoms with Crippen LogP contribution < -0.4 is 5.32 Å². The molecule has 3 heteroatoms. The smallest absolute Gasteiger partial charge is 0.0813 e. The third-order valence-corrected chi connectivity index (χ3v) is 2.30. The summed E-state index contributed by atoms with van der Waals surface area (Å²) in [5, 5.41) is 3.22. The Morgan fingerprint density at radius 3 is 2.92 bits per heavy atom. The minimum absolute atomic E-state index is 0.344. The van der Waals surface area contributed by atoms with Crippen LogP contribution in [0.5, 0.6) is 0 Å². The van der Waals surface area contributed by atoms with Gasteiger partial charge in [-0.3, -0.25) is 0 Å². The summed E-state index contributed by atoms with van der Waals surface area (Å²) in [4.78, 5) is 0. The van der Waals surface area contributed by atoms with Crippen molar-refractivity contribution in [3.8, 4) is 0 Å². The van der Waals surface area contributed by atoms with E-state index in [4.69, 9.17) is 9.47 Å². The Hall–Kier alpha value is -0.120. The Balaban J connectivity index is 1.88. The summed E-state index contributed by atoms with van der Waals surface area (Å²) >= 11 is 0. The fourth-order valence-electron chi connectivity index (χ4n) is 1.54. The Bertz CT molecular complexity index is 130. The molecule has 0 aromatic rings. The van der Waals surface area contributed by atoms with Crippen molar-refractivity contribution >= 4 is 0 Å². The lowest BCUT2D eigenvalue weighted by Gasteiger charge is -2.11. The second kappa shape index (κ2) is 6.35. The zero-order chi connectivity index (χ0) is 9.52. The van der Waals surface area contributed by atoms with Gasteiger partial charge < -0.3 is 14.8 Å². The van der Waals surface area contributed by atoms with Crippen molar-refractivity contribution in [3.63, 3.8) is 0 Å². The highest BCUT2D eigenvalue weighted by atomic mass is 16.5. The predicted molar refractivity (Wildman–Crippen MR) is 52.9 cm³/mol. The zero-order valence-electron chi connectivity index (χ0n) is 8.71. The minimum Gasteiger partial charge on any atom is -0.377 e. The van der Waals surface area contributed by atoms with E-state index in [2.05, 4.69) is 19.2 Å². The van der Waals surface area contributed by atoms with E-state index >= 15 is 0 Å².